The molecule has 1 N–H and O–H groups in total. The van der Waals surface area contributed by atoms with Crippen LogP contribution in [0.4, 0.5) is 0 Å². The number of benzene rings is 1. The fourth-order valence-corrected chi connectivity index (χ4v) is 3.85. The van der Waals surface area contributed by atoms with E-state index in [0.29, 0.717) is 11.1 Å². The van der Waals surface area contributed by atoms with E-state index in [1.807, 2.05) is 19.2 Å². The molecule has 3 unspecified atom stereocenters. The predicted molar refractivity (Wildman–Crippen MR) is 74.1 cm³/mol. The molecule has 2 fully saturated rings. The minimum absolute atomic E-state index is 0.432. The van der Waals surface area contributed by atoms with Crippen LogP contribution in [-0.2, 0) is 0 Å². The molecule has 0 amide bonds. The number of rotatable bonds is 4. The summed E-state index contributed by atoms with van der Waals surface area (Å²) in [7, 11) is 3.70. The molecule has 3 rings (SSSR count). The molecule has 18 heavy (non-hydrogen) atoms. The highest BCUT2D eigenvalue weighted by Crippen LogP contribution is 2.57. The van der Waals surface area contributed by atoms with Gasteiger partial charge < -0.3 is 10.1 Å². The molecule has 1 aromatic rings. The summed E-state index contributed by atoms with van der Waals surface area (Å²) < 4.78 is 5.21. The first-order valence-electron chi connectivity index (χ1n) is 6.73. The Labute approximate surface area is 114 Å². The van der Waals surface area contributed by atoms with Gasteiger partial charge in [-0.2, -0.15) is 0 Å². The molecule has 3 atom stereocenters. The second-order valence-electron chi connectivity index (χ2n) is 5.65. The minimum Gasteiger partial charge on any atom is -0.495 e. The van der Waals surface area contributed by atoms with Gasteiger partial charge >= 0.3 is 0 Å². The lowest BCUT2D eigenvalue weighted by atomic mass is 9.89. The van der Waals surface area contributed by atoms with Gasteiger partial charge in [0, 0.05) is 6.04 Å². The average Bonchev–Trinajstić information content (AvgIpc) is 2.98. The van der Waals surface area contributed by atoms with Gasteiger partial charge in [-0.1, -0.05) is 17.7 Å². The van der Waals surface area contributed by atoms with E-state index in [-0.39, 0.29) is 0 Å². The highest BCUT2D eigenvalue weighted by atomic mass is 35.5. The second kappa shape index (κ2) is 4.75. The average molecular weight is 266 g/mol. The van der Waals surface area contributed by atoms with Gasteiger partial charge in [0.25, 0.3) is 0 Å². The molecule has 0 heterocycles. The van der Waals surface area contributed by atoms with Crippen LogP contribution < -0.4 is 10.1 Å². The molecule has 3 heteroatoms. The zero-order chi connectivity index (χ0) is 12.7. The summed E-state index contributed by atoms with van der Waals surface area (Å²) in [6, 6.07) is 6.58. The molecule has 2 aliphatic carbocycles. The first-order chi connectivity index (χ1) is 8.72. The smallest absolute Gasteiger partial charge is 0.137 e. The van der Waals surface area contributed by atoms with E-state index in [1.165, 1.54) is 24.8 Å². The van der Waals surface area contributed by atoms with E-state index in [1.54, 1.807) is 7.11 Å². The molecule has 98 valence electrons. The molecule has 0 aliphatic heterocycles. The van der Waals surface area contributed by atoms with Crippen LogP contribution in [-0.4, -0.2) is 14.2 Å². The van der Waals surface area contributed by atoms with E-state index >= 15 is 0 Å². The van der Waals surface area contributed by atoms with Crippen LogP contribution >= 0.6 is 11.6 Å². The second-order valence-corrected chi connectivity index (χ2v) is 6.05. The monoisotopic (exact) mass is 265 g/mol. The van der Waals surface area contributed by atoms with Crippen LogP contribution in [0.25, 0.3) is 0 Å². The van der Waals surface area contributed by atoms with Gasteiger partial charge in [-0.05, 0) is 61.8 Å². The van der Waals surface area contributed by atoms with Crippen LogP contribution in [0.1, 0.15) is 30.9 Å². The summed E-state index contributed by atoms with van der Waals surface area (Å²) >= 11 is 6.22. The van der Waals surface area contributed by atoms with Crippen molar-refractivity contribution in [2.24, 2.45) is 17.8 Å². The molecule has 0 aromatic heterocycles. The molecule has 0 spiro atoms. The number of hydrogen-bond acceptors (Lipinski definition) is 2. The third-order valence-corrected chi connectivity index (χ3v) is 4.89. The summed E-state index contributed by atoms with van der Waals surface area (Å²) in [5, 5.41) is 4.17. The first-order valence-corrected chi connectivity index (χ1v) is 7.11. The highest BCUT2D eigenvalue weighted by molar-refractivity contribution is 6.32. The summed E-state index contributed by atoms with van der Waals surface area (Å²) in [5.74, 6) is 3.55. The molecule has 1 aromatic carbocycles. The topological polar surface area (TPSA) is 21.3 Å². The number of methoxy groups -OCH3 is 1. The number of halogens is 1. The Hall–Kier alpha value is -0.730. The van der Waals surface area contributed by atoms with Gasteiger partial charge in [0.1, 0.15) is 5.75 Å². The van der Waals surface area contributed by atoms with Crippen LogP contribution in [0.15, 0.2) is 18.2 Å². The van der Waals surface area contributed by atoms with E-state index in [2.05, 4.69) is 11.4 Å². The first kappa shape index (κ1) is 12.3. The molecular formula is C15H20ClNO. The summed E-state index contributed by atoms with van der Waals surface area (Å²) in [4.78, 5) is 0. The van der Waals surface area contributed by atoms with Crippen molar-refractivity contribution in [1.29, 1.82) is 0 Å². The van der Waals surface area contributed by atoms with Crippen LogP contribution in [0.3, 0.4) is 0 Å². The van der Waals surface area contributed by atoms with Crippen molar-refractivity contribution < 1.29 is 4.74 Å². The van der Waals surface area contributed by atoms with Crippen molar-refractivity contribution in [2.45, 2.75) is 25.3 Å². The maximum atomic E-state index is 6.22. The number of fused-ring (bicyclic) bond motifs is 1. The fourth-order valence-electron chi connectivity index (χ4n) is 3.58. The van der Waals surface area contributed by atoms with Crippen molar-refractivity contribution in [3.63, 3.8) is 0 Å². The summed E-state index contributed by atoms with van der Waals surface area (Å²) in [6.45, 7) is 0. The SMILES string of the molecule is CNC(c1ccc(OC)c(Cl)c1)C1CC2CC2C1. The Morgan fingerprint density at radius 3 is 2.56 bits per heavy atom. The Bertz CT molecular complexity index is 438. The normalized spacial score (nSPS) is 30.9. The van der Waals surface area contributed by atoms with Crippen molar-refractivity contribution in [3.8, 4) is 5.75 Å². The highest BCUT2D eigenvalue weighted by Gasteiger charge is 2.47. The van der Waals surface area contributed by atoms with Gasteiger partial charge in [0.2, 0.25) is 0 Å². The lowest BCUT2D eigenvalue weighted by Crippen LogP contribution is -2.24. The predicted octanol–water partition coefficient (Wildman–Crippen LogP) is 3.66. The molecule has 0 bridgehead atoms. The van der Waals surface area contributed by atoms with Crippen molar-refractivity contribution >= 4 is 11.6 Å². The van der Waals surface area contributed by atoms with Gasteiger partial charge in [-0.25, -0.2) is 0 Å². The zero-order valence-corrected chi connectivity index (χ0v) is 11.7. The summed E-state index contributed by atoms with van der Waals surface area (Å²) in [6.07, 6.45) is 4.22. The molecule has 0 saturated heterocycles. The third-order valence-electron chi connectivity index (χ3n) is 4.60. The maximum absolute atomic E-state index is 6.22. The molecule has 2 saturated carbocycles. The minimum atomic E-state index is 0.432. The molecular weight excluding hydrogens is 246 g/mol. The largest absolute Gasteiger partial charge is 0.495 e. The Balaban J connectivity index is 1.80. The van der Waals surface area contributed by atoms with Gasteiger partial charge in [0.05, 0.1) is 12.1 Å². The quantitative estimate of drug-likeness (QED) is 0.897. The molecule has 2 nitrogen and oxygen atoms in total. The maximum Gasteiger partial charge on any atom is 0.137 e. The van der Waals surface area contributed by atoms with Crippen LogP contribution in [0.5, 0.6) is 5.75 Å². The van der Waals surface area contributed by atoms with Crippen LogP contribution in [0, 0.1) is 17.8 Å². The van der Waals surface area contributed by atoms with E-state index in [0.717, 1.165) is 23.5 Å². The van der Waals surface area contributed by atoms with Crippen molar-refractivity contribution in [1.82, 2.24) is 5.32 Å². The lowest BCUT2D eigenvalue weighted by molar-refractivity contribution is 0.359. The van der Waals surface area contributed by atoms with Crippen molar-refractivity contribution in [3.05, 3.63) is 28.8 Å². The van der Waals surface area contributed by atoms with Crippen LogP contribution in [0.2, 0.25) is 5.02 Å². The Kier molecular flexibility index (Phi) is 3.25. The standard InChI is InChI=1S/C15H20ClNO/c1-17-15(12-6-10-5-11(10)7-12)9-3-4-14(18-2)13(16)8-9/h3-4,8,10-12,15,17H,5-7H2,1-2H3. The van der Waals surface area contributed by atoms with E-state index in [9.17, 15) is 0 Å². The number of hydrogen-bond donors (Lipinski definition) is 1. The van der Waals surface area contributed by atoms with Gasteiger partial charge in [-0.15, -0.1) is 0 Å². The fraction of sp³-hybridized carbons (Fsp3) is 0.600. The molecule has 2 aliphatic rings. The summed E-state index contributed by atoms with van der Waals surface area (Å²) in [5.41, 5.74) is 1.29. The molecule has 0 radical (unpaired) electrons. The zero-order valence-electron chi connectivity index (χ0n) is 10.9. The lowest BCUT2D eigenvalue weighted by Gasteiger charge is -2.25. The van der Waals surface area contributed by atoms with E-state index in [4.69, 9.17) is 16.3 Å². The van der Waals surface area contributed by atoms with Gasteiger partial charge in [0.15, 0.2) is 0 Å². The Morgan fingerprint density at radius 2 is 2.00 bits per heavy atom. The number of ether oxygens (including phenoxy) is 1. The third kappa shape index (κ3) is 2.12. The number of nitrogens with one attached hydrogen (secondary N) is 1. The van der Waals surface area contributed by atoms with E-state index < -0.39 is 0 Å². The van der Waals surface area contributed by atoms with Gasteiger partial charge in [-0.3, -0.25) is 0 Å². The van der Waals surface area contributed by atoms with Crippen molar-refractivity contribution in [2.75, 3.05) is 14.2 Å². The Morgan fingerprint density at radius 1 is 1.28 bits per heavy atom.